The van der Waals surface area contributed by atoms with Crippen LogP contribution >= 0.6 is 0 Å². The minimum absolute atomic E-state index is 0.202. The first-order valence-corrected chi connectivity index (χ1v) is 6.29. The molecule has 6 nitrogen and oxygen atoms in total. The molecule has 0 aliphatic carbocycles. The molecule has 0 unspecified atom stereocenters. The van der Waals surface area contributed by atoms with Gasteiger partial charge in [0.2, 0.25) is 0 Å². The van der Waals surface area contributed by atoms with E-state index in [-0.39, 0.29) is 11.6 Å². The molecular formula is C8H10N4O2S. The van der Waals surface area contributed by atoms with Gasteiger partial charge in [0.25, 0.3) is 0 Å². The number of H-pyrrole nitrogens is 1. The minimum atomic E-state index is -3.14. The van der Waals surface area contributed by atoms with E-state index in [2.05, 4.69) is 15.0 Å². The number of sulfone groups is 1. The molecule has 2 heterocycles. The van der Waals surface area contributed by atoms with Crippen molar-refractivity contribution in [2.24, 2.45) is 0 Å². The lowest BCUT2D eigenvalue weighted by Crippen LogP contribution is -2.07. The largest absolute Gasteiger partial charge is 0.383 e. The van der Waals surface area contributed by atoms with Crippen LogP contribution in [0.5, 0.6) is 0 Å². The molecule has 0 radical (unpaired) electrons. The van der Waals surface area contributed by atoms with Gasteiger partial charge >= 0.3 is 0 Å². The van der Waals surface area contributed by atoms with Gasteiger partial charge in [0.15, 0.2) is 9.84 Å². The van der Waals surface area contributed by atoms with E-state index in [1.54, 1.807) is 12.3 Å². The molecule has 0 saturated carbocycles. The Morgan fingerprint density at radius 3 is 2.87 bits per heavy atom. The summed E-state index contributed by atoms with van der Waals surface area (Å²) < 4.78 is 22.1. The van der Waals surface area contributed by atoms with Crippen molar-refractivity contribution in [1.29, 1.82) is 0 Å². The zero-order valence-corrected chi connectivity index (χ0v) is 8.87. The van der Waals surface area contributed by atoms with Gasteiger partial charge in [-0.3, -0.25) is 0 Å². The van der Waals surface area contributed by atoms with E-state index < -0.39 is 9.84 Å². The first kappa shape index (κ1) is 9.91. The molecule has 0 amide bonds. The van der Waals surface area contributed by atoms with E-state index in [4.69, 9.17) is 5.73 Å². The van der Waals surface area contributed by atoms with E-state index in [0.717, 1.165) is 6.26 Å². The van der Waals surface area contributed by atoms with Crippen molar-refractivity contribution in [1.82, 2.24) is 15.0 Å². The molecule has 0 atom stereocenters. The van der Waals surface area contributed by atoms with E-state index in [9.17, 15) is 8.42 Å². The van der Waals surface area contributed by atoms with Crippen LogP contribution in [0.4, 0.5) is 5.82 Å². The highest BCUT2D eigenvalue weighted by Gasteiger charge is 2.10. The highest BCUT2D eigenvalue weighted by Crippen LogP contribution is 2.16. The van der Waals surface area contributed by atoms with Crippen LogP contribution in [0.25, 0.3) is 11.0 Å². The minimum Gasteiger partial charge on any atom is -0.383 e. The molecule has 0 aliphatic heterocycles. The van der Waals surface area contributed by atoms with Gasteiger partial charge in [-0.25, -0.2) is 18.4 Å². The Hall–Kier alpha value is -1.63. The number of nitrogens with two attached hydrogens (primary N) is 1. The van der Waals surface area contributed by atoms with Gasteiger partial charge in [-0.05, 0) is 6.07 Å². The van der Waals surface area contributed by atoms with E-state index in [1.165, 1.54) is 0 Å². The lowest BCUT2D eigenvalue weighted by atomic mass is 10.4. The first-order chi connectivity index (χ1) is 6.96. The van der Waals surface area contributed by atoms with Crippen molar-refractivity contribution in [3.05, 3.63) is 18.1 Å². The van der Waals surface area contributed by atoms with Crippen LogP contribution in [0.1, 0.15) is 5.82 Å². The lowest BCUT2D eigenvalue weighted by molar-refractivity contribution is 0.600. The molecule has 7 heteroatoms. The van der Waals surface area contributed by atoms with Gasteiger partial charge in [0.1, 0.15) is 23.0 Å². The van der Waals surface area contributed by atoms with E-state index in [0.29, 0.717) is 16.9 Å². The number of hydrogen-bond donors (Lipinski definition) is 2. The molecule has 2 aromatic rings. The van der Waals surface area contributed by atoms with Gasteiger partial charge in [0, 0.05) is 12.5 Å². The summed E-state index contributed by atoms with van der Waals surface area (Å²) in [6.07, 6.45) is 2.81. The summed E-state index contributed by atoms with van der Waals surface area (Å²) in [7, 11) is -3.14. The number of aromatic amines is 1. The van der Waals surface area contributed by atoms with Crippen LogP contribution in [-0.4, -0.2) is 29.6 Å². The monoisotopic (exact) mass is 226 g/mol. The number of aromatic nitrogens is 3. The zero-order valence-electron chi connectivity index (χ0n) is 8.06. The molecular weight excluding hydrogens is 216 g/mol. The summed E-state index contributed by atoms with van der Waals surface area (Å²) in [5.74, 6) is 0.302. The summed E-state index contributed by atoms with van der Waals surface area (Å²) in [5.41, 5.74) is 6.21. The second-order valence-corrected chi connectivity index (χ2v) is 5.48. The van der Waals surface area contributed by atoms with Crippen molar-refractivity contribution in [3.8, 4) is 0 Å². The van der Waals surface area contributed by atoms with Crippen LogP contribution in [-0.2, 0) is 15.6 Å². The molecule has 0 aliphatic rings. The summed E-state index contributed by atoms with van der Waals surface area (Å²) in [6, 6.07) is 1.74. The van der Waals surface area contributed by atoms with Crippen LogP contribution in [0.2, 0.25) is 0 Å². The van der Waals surface area contributed by atoms with E-state index >= 15 is 0 Å². The Labute approximate surface area is 86.5 Å². The summed E-state index contributed by atoms with van der Waals surface area (Å²) in [6.45, 7) is 0. The topological polar surface area (TPSA) is 102 Å². The molecule has 2 rings (SSSR count). The molecule has 0 spiro atoms. The maximum atomic E-state index is 11.1. The predicted octanol–water partition coefficient (Wildman–Crippen LogP) is 0.0847. The number of nitrogens with one attached hydrogen (secondary N) is 1. The highest BCUT2D eigenvalue weighted by atomic mass is 32.2. The summed E-state index contributed by atoms with van der Waals surface area (Å²) >= 11 is 0. The number of rotatable bonds is 2. The zero-order chi connectivity index (χ0) is 11.1. The number of fused-ring (bicyclic) bond motifs is 1. The van der Waals surface area contributed by atoms with Gasteiger partial charge in [-0.2, -0.15) is 0 Å². The quantitative estimate of drug-likeness (QED) is 0.755. The van der Waals surface area contributed by atoms with Crippen molar-refractivity contribution < 1.29 is 8.42 Å². The fraction of sp³-hybridized carbons (Fsp3) is 0.250. The molecule has 15 heavy (non-hydrogen) atoms. The van der Waals surface area contributed by atoms with Gasteiger partial charge in [-0.15, -0.1) is 0 Å². The molecule has 80 valence electrons. The second-order valence-electron chi connectivity index (χ2n) is 3.34. The first-order valence-electron chi connectivity index (χ1n) is 4.23. The average molecular weight is 226 g/mol. The predicted molar refractivity (Wildman–Crippen MR) is 56.8 cm³/mol. The van der Waals surface area contributed by atoms with Crippen molar-refractivity contribution in [3.63, 3.8) is 0 Å². The lowest BCUT2D eigenvalue weighted by Gasteiger charge is -2.00. The second kappa shape index (κ2) is 3.20. The summed E-state index contributed by atoms with van der Waals surface area (Å²) in [5, 5.41) is 0.701. The molecule has 0 fully saturated rings. The maximum absolute atomic E-state index is 11.1. The van der Waals surface area contributed by atoms with Crippen LogP contribution in [0, 0.1) is 0 Å². The molecule has 0 bridgehead atoms. The smallest absolute Gasteiger partial charge is 0.154 e. The van der Waals surface area contributed by atoms with Crippen LogP contribution in [0.3, 0.4) is 0 Å². The fourth-order valence-corrected chi connectivity index (χ4v) is 1.91. The van der Waals surface area contributed by atoms with Gasteiger partial charge in [-0.1, -0.05) is 0 Å². The Bertz CT molecular complexity index is 602. The van der Waals surface area contributed by atoms with Crippen molar-refractivity contribution >= 4 is 26.7 Å². The SMILES string of the molecule is CS(=O)(=O)Cc1nc(N)c2cc[nH]c2n1. The molecule has 0 aromatic carbocycles. The molecule has 3 N–H and O–H groups in total. The third-order valence-corrected chi connectivity index (χ3v) is 2.67. The van der Waals surface area contributed by atoms with Gasteiger partial charge in [0.05, 0.1) is 5.39 Å². The normalized spacial score (nSPS) is 12.1. The molecule has 0 saturated heterocycles. The third kappa shape index (κ3) is 2.07. The van der Waals surface area contributed by atoms with Crippen molar-refractivity contribution in [2.45, 2.75) is 5.75 Å². The highest BCUT2D eigenvalue weighted by molar-refractivity contribution is 7.89. The number of hydrogen-bond acceptors (Lipinski definition) is 5. The van der Waals surface area contributed by atoms with E-state index in [1.807, 2.05) is 0 Å². The Kier molecular flexibility index (Phi) is 2.11. The maximum Gasteiger partial charge on any atom is 0.154 e. The third-order valence-electron chi connectivity index (χ3n) is 1.88. The number of nitrogen functional groups attached to an aromatic ring is 1. The van der Waals surface area contributed by atoms with Crippen LogP contribution < -0.4 is 5.73 Å². The average Bonchev–Trinajstić information content (AvgIpc) is 2.48. The summed E-state index contributed by atoms with van der Waals surface area (Å²) in [4.78, 5) is 10.8. The Morgan fingerprint density at radius 1 is 1.47 bits per heavy atom. The Morgan fingerprint density at radius 2 is 2.20 bits per heavy atom. The van der Waals surface area contributed by atoms with Gasteiger partial charge < -0.3 is 10.7 Å². The number of anilines is 1. The standard InChI is InChI=1S/C8H10N4O2S/c1-15(13,14)4-6-11-7(9)5-2-3-10-8(5)12-6/h2-3H,4H2,1H3,(H3,9,10,11,12). The van der Waals surface area contributed by atoms with Crippen molar-refractivity contribution in [2.75, 3.05) is 12.0 Å². The fourth-order valence-electron chi connectivity index (χ4n) is 1.31. The number of nitrogens with zero attached hydrogens (tertiary/aromatic N) is 2. The molecule has 2 aromatic heterocycles. The van der Waals surface area contributed by atoms with Crippen LogP contribution in [0.15, 0.2) is 12.3 Å². The Balaban J connectivity index is 2.54.